The van der Waals surface area contributed by atoms with Crippen molar-refractivity contribution in [3.8, 4) is 0 Å². The molecule has 0 saturated carbocycles. The Bertz CT molecular complexity index is 734. The van der Waals surface area contributed by atoms with Gasteiger partial charge in [0.05, 0.1) is 18.8 Å². The van der Waals surface area contributed by atoms with E-state index in [0.29, 0.717) is 13.0 Å². The highest BCUT2D eigenvalue weighted by atomic mass is 16.3. The number of nitrogens with zero attached hydrogens (tertiary/aromatic N) is 1. The molecule has 0 fully saturated rings. The third-order valence-corrected chi connectivity index (χ3v) is 5.50. The van der Waals surface area contributed by atoms with E-state index in [-0.39, 0.29) is 12.6 Å². The van der Waals surface area contributed by atoms with Crippen LogP contribution in [0.25, 0.3) is 0 Å². The minimum absolute atomic E-state index is 0.0491. The van der Waals surface area contributed by atoms with E-state index in [9.17, 15) is 15.3 Å². The van der Waals surface area contributed by atoms with E-state index < -0.39 is 24.2 Å². The molecular weight excluding hydrogens is 362 g/mol. The number of hydrogen-bond donors (Lipinski definition) is 3. The van der Waals surface area contributed by atoms with Crippen molar-refractivity contribution in [3.05, 3.63) is 97.1 Å². The Morgan fingerprint density at radius 3 is 2.07 bits per heavy atom. The predicted molar refractivity (Wildman–Crippen MR) is 118 cm³/mol. The normalized spacial score (nSPS) is 16.6. The molecule has 2 rings (SSSR count). The van der Waals surface area contributed by atoms with Crippen LogP contribution >= 0.6 is 0 Å². The lowest BCUT2D eigenvalue weighted by Gasteiger charge is -2.43. The summed E-state index contributed by atoms with van der Waals surface area (Å²) in [5, 5.41) is 31.7. The Balaban J connectivity index is 2.51. The number of benzene rings is 2. The van der Waals surface area contributed by atoms with E-state index in [0.717, 1.165) is 11.1 Å². The van der Waals surface area contributed by atoms with E-state index in [4.69, 9.17) is 0 Å². The predicted octanol–water partition coefficient (Wildman–Crippen LogP) is 3.71. The minimum Gasteiger partial charge on any atom is -0.396 e. The Morgan fingerprint density at radius 2 is 1.55 bits per heavy atom. The third kappa shape index (κ3) is 6.12. The van der Waals surface area contributed by atoms with Gasteiger partial charge in [0.15, 0.2) is 0 Å². The van der Waals surface area contributed by atoms with E-state index >= 15 is 0 Å². The van der Waals surface area contributed by atoms with Crippen LogP contribution in [0.4, 0.5) is 0 Å². The lowest BCUT2D eigenvalue weighted by Crippen LogP contribution is -2.53. The van der Waals surface area contributed by atoms with E-state index in [1.165, 1.54) is 6.08 Å². The molecule has 0 spiro atoms. The fraction of sp³-hybridized carbons (Fsp3) is 0.360. The second kappa shape index (κ2) is 11.7. The Kier molecular flexibility index (Phi) is 9.29. The maximum Gasteiger partial charge on any atom is 0.0784 e. The fourth-order valence-electron chi connectivity index (χ4n) is 3.87. The van der Waals surface area contributed by atoms with Crippen LogP contribution in [0.5, 0.6) is 0 Å². The highest BCUT2D eigenvalue weighted by Crippen LogP contribution is 2.31. The van der Waals surface area contributed by atoms with E-state index in [2.05, 4.69) is 37.1 Å². The molecule has 0 saturated heterocycles. The quantitative estimate of drug-likeness (QED) is 0.480. The van der Waals surface area contributed by atoms with Crippen LogP contribution in [0.15, 0.2) is 86.0 Å². The van der Waals surface area contributed by atoms with Gasteiger partial charge >= 0.3 is 0 Å². The van der Waals surface area contributed by atoms with Gasteiger partial charge in [0.1, 0.15) is 0 Å². The van der Waals surface area contributed by atoms with Gasteiger partial charge in [-0.05, 0) is 24.5 Å². The van der Waals surface area contributed by atoms with Crippen LogP contribution in [0.3, 0.4) is 0 Å². The van der Waals surface area contributed by atoms with Crippen molar-refractivity contribution in [1.82, 2.24) is 4.90 Å². The van der Waals surface area contributed by atoms with Crippen LogP contribution in [-0.4, -0.2) is 45.1 Å². The van der Waals surface area contributed by atoms with Gasteiger partial charge in [-0.25, -0.2) is 0 Å². The second-order valence-corrected chi connectivity index (χ2v) is 7.40. The highest BCUT2D eigenvalue weighted by Gasteiger charge is 2.38. The summed E-state index contributed by atoms with van der Waals surface area (Å²) in [6.45, 7) is 9.82. The highest BCUT2D eigenvalue weighted by molar-refractivity contribution is 5.21. The number of hydrogen-bond acceptors (Lipinski definition) is 4. The van der Waals surface area contributed by atoms with E-state index in [1.54, 1.807) is 6.08 Å². The summed E-state index contributed by atoms with van der Waals surface area (Å²) >= 11 is 0. The first kappa shape index (κ1) is 23.0. The van der Waals surface area contributed by atoms with E-state index in [1.807, 2.05) is 48.5 Å². The van der Waals surface area contributed by atoms with Crippen molar-refractivity contribution >= 4 is 0 Å². The van der Waals surface area contributed by atoms with Crippen molar-refractivity contribution < 1.29 is 15.3 Å². The first-order chi connectivity index (χ1) is 14.0. The van der Waals surface area contributed by atoms with Crippen LogP contribution in [0, 0.1) is 5.92 Å². The molecule has 0 aliphatic rings. The summed E-state index contributed by atoms with van der Waals surface area (Å²) in [7, 11) is 0. The molecule has 4 heteroatoms. The fourth-order valence-corrected chi connectivity index (χ4v) is 3.87. The summed E-state index contributed by atoms with van der Waals surface area (Å²) in [5.41, 5.74) is 2.19. The Hall–Kier alpha value is -2.24. The molecule has 0 aliphatic heterocycles. The smallest absolute Gasteiger partial charge is 0.0784 e. The van der Waals surface area contributed by atoms with Gasteiger partial charge in [0.2, 0.25) is 0 Å². The molecule has 0 amide bonds. The zero-order chi connectivity index (χ0) is 21.2. The maximum absolute atomic E-state index is 11.0. The summed E-state index contributed by atoms with van der Waals surface area (Å²) < 4.78 is 0. The molecule has 0 radical (unpaired) electrons. The molecule has 0 aromatic heterocycles. The zero-order valence-corrected chi connectivity index (χ0v) is 17.1. The summed E-state index contributed by atoms with van der Waals surface area (Å²) in [6.07, 6.45) is 1.71. The molecule has 0 unspecified atom stereocenters. The average Bonchev–Trinajstić information content (AvgIpc) is 2.76. The van der Waals surface area contributed by atoms with Crippen LogP contribution < -0.4 is 0 Å². The molecular formula is C25H33NO3. The molecule has 3 N–H and O–H groups in total. The number of rotatable bonds is 12. The maximum atomic E-state index is 11.0. The van der Waals surface area contributed by atoms with Crippen molar-refractivity contribution in [3.63, 3.8) is 0 Å². The summed E-state index contributed by atoms with van der Waals surface area (Å²) in [5.74, 6) is -0.586. The molecule has 156 valence electrons. The molecule has 4 nitrogen and oxygen atoms in total. The standard InChI is InChI=1S/C25H33NO3/c1-4-12-24(29)25(22(18-27)23(28)5-2)26(17-20-13-8-6-9-14-20)19(3)21-15-10-7-11-16-21/h4-11,13-16,19,22-25,27-29H,1-2,12,17-18H2,3H3/t19-,22-,23-,24+,25+/m0/s1. The van der Waals surface area contributed by atoms with Crippen molar-refractivity contribution in [2.24, 2.45) is 5.92 Å². The van der Waals surface area contributed by atoms with Crippen molar-refractivity contribution in [2.45, 2.75) is 44.2 Å². The van der Waals surface area contributed by atoms with Crippen LogP contribution in [-0.2, 0) is 6.54 Å². The summed E-state index contributed by atoms with van der Waals surface area (Å²) in [6, 6.07) is 19.5. The summed E-state index contributed by atoms with van der Waals surface area (Å²) in [4.78, 5) is 2.16. The topological polar surface area (TPSA) is 63.9 Å². The monoisotopic (exact) mass is 395 g/mol. The molecule has 0 heterocycles. The zero-order valence-electron chi connectivity index (χ0n) is 17.1. The third-order valence-electron chi connectivity index (χ3n) is 5.50. The minimum atomic E-state index is -0.939. The first-order valence-corrected chi connectivity index (χ1v) is 10.1. The van der Waals surface area contributed by atoms with Crippen LogP contribution in [0.2, 0.25) is 0 Å². The lowest BCUT2D eigenvalue weighted by molar-refractivity contribution is -0.0525. The van der Waals surface area contributed by atoms with Crippen molar-refractivity contribution in [2.75, 3.05) is 6.61 Å². The molecule has 5 atom stereocenters. The lowest BCUT2D eigenvalue weighted by atomic mass is 9.86. The Labute approximate surface area is 174 Å². The van der Waals surface area contributed by atoms with Gasteiger partial charge in [-0.2, -0.15) is 0 Å². The Morgan fingerprint density at radius 1 is 0.966 bits per heavy atom. The number of aliphatic hydroxyl groups excluding tert-OH is 3. The largest absolute Gasteiger partial charge is 0.396 e. The molecule has 0 bridgehead atoms. The van der Waals surface area contributed by atoms with Crippen molar-refractivity contribution in [1.29, 1.82) is 0 Å². The molecule has 2 aromatic carbocycles. The molecule has 29 heavy (non-hydrogen) atoms. The number of aliphatic hydroxyl groups is 3. The van der Waals surface area contributed by atoms with Gasteiger partial charge in [0, 0.05) is 24.5 Å². The first-order valence-electron chi connectivity index (χ1n) is 10.1. The SMILES string of the molecule is C=CC[C@@H](O)[C@@H]([C@@H](CO)[C@@H](O)C=C)N(Cc1ccccc1)[C@@H](C)c1ccccc1. The second-order valence-electron chi connectivity index (χ2n) is 7.40. The van der Waals surface area contributed by atoms with Gasteiger partial charge in [-0.15, -0.1) is 13.2 Å². The van der Waals surface area contributed by atoms with Crippen LogP contribution in [0.1, 0.15) is 30.5 Å². The van der Waals surface area contributed by atoms with Gasteiger partial charge < -0.3 is 15.3 Å². The van der Waals surface area contributed by atoms with Gasteiger partial charge in [-0.3, -0.25) is 4.90 Å². The molecule has 0 aliphatic carbocycles. The molecule has 2 aromatic rings. The van der Waals surface area contributed by atoms with Gasteiger partial charge in [0.25, 0.3) is 0 Å². The van der Waals surface area contributed by atoms with Gasteiger partial charge in [-0.1, -0.05) is 72.8 Å². The average molecular weight is 396 g/mol.